The summed E-state index contributed by atoms with van der Waals surface area (Å²) in [6.45, 7) is 3.84. The highest BCUT2D eigenvalue weighted by atomic mass is 16.1. The third-order valence-electron chi connectivity index (χ3n) is 3.47. The van der Waals surface area contributed by atoms with E-state index in [1.54, 1.807) is 6.07 Å². The van der Waals surface area contributed by atoms with Crippen LogP contribution in [-0.4, -0.2) is 25.6 Å². The number of hydrogen-bond donors (Lipinski definition) is 3. The molecule has 0 amide bonds. The van der Waals surface area contributed by atoms with Gasteiger partial charge in [0.2, 0.25) is 11.4 Å². The first-order valence-corrected chi connectivity index (χ1v) is 6.83. The van der Waals surface area contributed by atoms with Crippen molar-refractivity contribution in [1.29, 1.82) is 5.26 Å². The van der Waals surface area contributed by atoms with Crippen molar-refractivity contribution in [1.82, 2.24) is 25.6 Å². The summed E-state index contributed by atoms with van der Waals surface area (Å²) < 4.78 is 0. The van der Waals surface area contributed by atoms with E-state index in [-0.39, 0.29) is 17.0 Å². The Kier molecular flexibility index (Phi) is 3.60. The summed E-state index contributed by atoms with van der Waals surface area (Å²) in [5.41, 5.74) is 3.50. The van der Waals surface area contributed by atoms with Crippen molar-refractivity contribution in [3.05, 3.63) is 51.7 Å². The number of hydrogen-bond acceptors (Lipinski definition) is 6. The Morgan fingerprint density at radius 2 is 2.13 bits per heavy atom. The second-order valence-corrected chi connectivity index (χ2v) is 5.08. The molecule has 0 radical (unpaired) electrons. The lowest BCUT2D eigenvalue weighted by Crippen LogP contribution is -2.05. The molecule has 8 nitrogen and oxygen atoms in total. The van der Waals surface area contributed by atoms with E-state index in [2.05, 4.69) is 30.9 Å². The minimum atomic E-state index is -0.148. The lowest BCUT2D eigenvalue weighted by atomic mass is 10.1. The maximum atomic E-state index is 11.6. The molecule has 0 unspecified atom stereocenters. The number of tetrazole rings is 1. The van der Waals surface area contributed by atoms with Gasteiger partial charge in [0, 0.05) is 23.3 Å². The Morgan fingerprint density at radius 3 is 2.83 bits per heavy atom. The molecule has 0 bridgehead atoms. The van der Waals surface area contributed by atoms with Crippen molar-refractivity contribution in [3.8, 4) is 6.07 Å². The van der Waals surface area contributed by atoms with Crippen LogP contribution in [0.15, 0.2) is 29.2 Å². The van der Waals surface area contributed by atoms with Gasteiger partial charge >= 0.3 is 0 Å². The first kappa shape index (κ1) is 14.5. The van der Waals surface area contributed by atoms with E-state index in [9.17, 15) is 4.79 Å². The van der Waals surface area contributed by atoms with E-state index in [0.29, 0.717) is 0 Å². The highest BCUT2D eigenvalue weighted by molar-refractivity contribution is 5.87. The molecule has 1 aromatic carbocycles. The fourth-order valence-electron chi connectivity index (χ4n) is 2.31. The van der Waals surface area contributed by atoms with Gasteiger partial charge in [-0.1, -0.05) is 0 Å². The number of nitriles is 1. The Balaban J connectivity index is 2.02. The van der Waals surface area contributed by atoms with Gasteiger partial charge in [-0.15, -0.1) is 10.2 Å². The molecule has 8 heteroatoms. The van der Waals surface area contributed by atoms with Crippen molar-refractivity contribution in [2.24, 2.45) is 0 Å². The third-order valence-corrected chi connectivity index (χ3v) is 3.47. The average molecular weight is 307 g/mol. The lowest BCUT2D eigenvalue weighted by Gasteiger charge is -2.09. The second-order valence-electron chi connectivity index (χ2n) is 5.08. The molecule has 0 saturated heterocycles. The van der Waals surface area contributed by atoms with E-state index in [0.717, 1.165) is 27.7 Å². The summed E-state index contributed by atoms with van der Waals surface area (Å²) in [6, 6.07) is 7.39. The standard InChI is InChI=1S/C15H13N7O/c1-8-4-14(23)18-13-5-12(9(2)3-11(8)13)17-7-10(6-16)15-19-21-22-20-15/h3-5,7,17H,1-2H3,(H,18,23)(H,19,20,21,22). The van der Waals surface area contributed by atoms with E-state index in [4.69, 9.17) is 5.26 Å². The summed E-state index contributed by atoms with van der Waals surface area (Å²) in [5, 5.41) is 26.5. The summed E-state index contributed by atoms with van der Waals surface area (Å²) in [7, 11) is 0. The van der Waals surface area contributed by atoms with Crippen LogP contribution in [0.3, 0.4) is 0 Å². The quantitative estimate of drug-likeness (QED) is 0.632. The molecule has 0 atom stereocenters. The van der Waals surface area contributed by atoms with Gasteiger partial charge in [0.25, 0.3) is 0 Å². The van der Waals surface area contributed by atoms with Gasteiger partial charge in [0.1, 0.15) is 11.6 Å². The van der Waals surface area contributed by atoms with Crippen molar-refractivity contribution >= 4 is 22.2 Å². The van der Waals surface area contributed by atoms with Crippen molar-refractivity contribution in [2.45, 2.75) is 13.8 Å². The Hall–Kier alpha value is -3.47. The second kappa shape index (κ2) is 5.73. The molecule has 0 aliphatic carbocycles. The van der Waals surface area contributed by atoms with Crippen LogP contribution in [-0.2, 0) is 0 Å². The van der Waals surface area contributed by atoms with E-state index in [1.807, 2.05) is 32.0 Å². The minimum absolute atomic E-state index is 0.148. The highest BCUT2D eigenvalue weighted by Gasteiger charge is 2.07. The average Bonchev–Trinajstić information content (AvgIpc) is 3.03. The maximum absolute atomic E-state index is 11.6. The van der Waals surface area contributed by atoms with Crippen molar-refractivity contribution in [3.63, 3.8) is 0 Å². The summed E-state index contributed by atoms with van der Waals surface area (Å²) in [6.07, 6.45) is 1.51. The molecule has 3 aromatic rings. The minimum Gasteiger partial charge on any atom is -0.360 e. The van der Waals surface area contributed by atoms with Crippen LogP contribution >= 0.6 is 0 Å². The highest BCUT2D eigenvalue weighted by Crippen LogP contribution is 2.24. The molecular weight excluding hydrogens is 294 g/mol. The molecule has 2 heterocycles. The predicted molar refractivity (Wildman–Crippen MR) is 85.4 cm³/mol. The molecule has 0 saturated carbocycles. The molecular formula is C15H13N7O. The van der Waals surface area contributed by atoms with Gasteiger partial charge in [0.15, 0.2) is 0 Å². The van der Waals surface area contributed by atoms with Gasteiger partial charge in [0.05, 0.1) is 5.52 Å². The largest absolute Gasteiger partial charge is 0.360 e. The first-order valence-electron chi connectivity index (χ1n) is 6.83. The Bertz CT molecular complexity index is 993. The molecule has 23 heavy (non-hydrogen) atoms. The van der Waals surface area contributed by atoms with Gasteiger partial charge in [-0.25, -0.2) is 0 Å². The molecule has 3 N–H and O–H groups in total. The van der Waals surface area contributed by atoms with Crippen LogP contribution in [0.1, 0.15) is 17.0 Å². The van der Waals surface area contributed by atoms with Crippen molar-refractivity contribution < 1.29 is 0 Å². The number of nitrogens with zero attached hydrogens (tertiary/aromatic N) is 4. The maximum Gasteiger partial charge on any atom is 0.248 e. The smallest absolute Gasteiger partial charge is 0.248 e. The van der Waals surface area contributed by atoms with Crippen LogP contribution in [0.2, 0.25) is 0 Å². The number of fused-ring (bicyclic) bond motifs is 1. The monoisotopic (exact) mass is 307 g/mol. The normalized spacial score (nSPS) is 11.4. The fourth-order valence-corrected chi connectivity index (χ4v) is 2.31. The number of aromatic nitrogens is 5. The summed E-state index contributed by atoms with van der Waals surface area (Å²) in [5.74, 6) is 0.211. The van der Waals surface area contributed by atoms with Crippen LogP contribution < -0.4 is 10.9 Å². The topological polar surface area (TPSA) is 123 Å². The van der Waals surface area contributed by atoms with Gasteiger partial charge in [-0.05, 0) is 42.3 Å². The molecule has 0 aliphatic rings. The number of nitrogens with one attached hydrogen (secondary N) is 3. The van der Waals surface area contributed by atoms with E-state index < -0.39 is 0 Å². The summed E-state index contributed by atoms with van der Waals surface area (Å²) >= 11 is 0. The van der Waals surface area contributed by atoms with Crippen LogP contribution in [0.5, 0.6) is 0 Å². The molecule has 0 spiro atoms. The van der Waals surface area contributed by atoms with Crippen LogP contribution in [0.25, 0.3) is 16.5 Å². The van der Waals surface area contributed by atoms with E-state index in [1.165, 1.54) is 6.20 Å². The van der Waals surface area contributed by atoms with Crippen LogP contribution in [0.4, 0.5) is 5.69 Å². The number of H-pyrrole nitrogens is 2. The molecule has 0 aliphatic heterocycles. The molecule has 2 aromatic heterocycles. The van der Waals surface area contributed by atoms with E-state index >= 15 is 0 Å². The number of allylic oxidation sites excluding steroid dienone is 1. The molecule has 3 rings (SSSR count). The zero-order valence-corrected chi connectivity index (χ0v) is 12.5. The predicted octanol–water partition coefficient (Wildman–Crippen LogP) is 1.63. The lowest BCUT2D eigenvalue weighted by molar-refractivity contribution is 0.881. The number of aryl methyl sites for hydroxylation is 2. The summed E-state index contributed by atoms with van der Waals surface area (Å²) in [4.78, 5) is 14.4. The fraction of sp³-hybridized carbons (Fsp3) is 0.133. The Labute approximate surface area is 130 Å². The SMILES string of the molecule is Cc1cc2c(C)cc(=O)[nH]c2cc1NC=C(C#N)c1nn[nH]n1. The zero-order chi connectivity index (χ0) is 16.4. The molecule has 114 valence electrons. The van der Waals surface area contributed by atoms with Crippen LogP contribution in [0, 0.1) is 25.2 Å². The Morgan fingerprint density at radius 1 is 1.30 bits per heavy atom. The van der Waals surface area contributed by atoms with Gasteiger partial charge < -0.3 is 10.3 Å². The number of benzene rings is 1. The number of anilines is 1. The third kappa shape index (κ3) is 2.80. The van der Waals surface area contributed by atoms with Gasteiger partial charge in [-0.2, -0.15) is 10.5 Å². The molecule has 0 fully saturated rings. The zero-order valence-electron chi connectivity index (χ0n) is 12.5. The number of pyridine rings is 1. The number of aromatic amines is 2. The van der Waals surface area contributed by atoms with Crippen molar-refractivity contribution in [2.75, 3.05) is 5.32 Å². The number of rotatable bonds is 3. The first-order chi connectivity index (χ1) is 11.1. The van der Waals surface area contributed by atoms with Gasteiger partial charge in [-0.3, -0.25) is 4.79 Å².